The van der Waals surface area contributed by atoms with E-state index >= 15 is 0 Å². The zero-order chi connectivity index (χ0) is 16.2. The second kappa shape index (κ2) is 7.28. The summed E-state index contributed by atoms with van der Waals surface area (Å²) in [5.74, 6) is -2.39. The van der Waals surface area contributed by atoms with Crippen molar-refractivity contribution in [1.29, 1.82) is 0 Å². The third-order valence-corrected chi connectivity index (χ3v) is 3.77. The monoisotopic (exact) mass is 324 g/mol. The van der Waals surface area contributed by atoms with Crippen LogP contribution in [0, 0.1) is 5.92 Å². The molecule has 0 aromatic carbocycles. The minimum atomic E-state index is -4.85. The highest BCUT2D eigenvalue weighted by Crippen LogP contribution is 2.24. The Bertz CT molecular complexity index is 403. The molecule has 126 valence electrons. The van der Waals surface area contributed by atoms with Crippen molar-refractivity contribution in [2.45, 2.75) is 31.7 Å². The van der Waals surface area contributed by atoms with Gasteiger partial charge in [-0.3, -0.25) is 9.59 Å². The van der Waals surface area contributed by atoms with Crippen LogP contribution in [0.15, 0.2) is 0 Å². The van der Waals surface area contributed by atoms with Gasteiger partial charge in [0.1, 0.15) is 0 Å². The fraction of sp³-hybridized carbons (Fsp3) is 0.846. The summed E-state index contributed by atoms with van der Waals surface area (Å²) in [6.45, 7) is 1.39. The van der Waals surface area contributed by atoms with Crippen LogP contribution in [0.1, 0.15) is 19.3 Å². The molecule has 0 bridgehead atoms. The normalized spacial score (nSPS) is 21.1. The molecule has 0 atom stereocenters. The molecule has 0 aliphatic carbocycles. The molecule has 0 aromatic rings. The minimum Gasteiger partial charge on any atom is -0.356 e. The first-order chi connectivity index (χ1) is 10.4. The molecule has 22 heavy (non-hydrogen) atoms. The molecule has 0 aromatic heterocycles. The van der Waals surface area contributed by atoms with E-state index in [1.165, 1.54) is 0 Å². The second-order valence-electron chi connectivity index (χ2n) is 5.32. The molecule has 1 N–H and O–H groups in total. The molecular formula is C13H19F3N2O4. The second-order valence-corrected chi connectivity index (χ2v) is 5.32. The van der Waals surface area contributed by atoms with Crippen molar-refractivity contribution in [2.75, 3.05) is 32.8 Å². The fourth-order valence-corrected chi connectivity index (χ4v) is 2.56. The average Bonchev–Trinajstić information content (AvgIpc) is 2.99. The first-order valence-electron chi connectivity index (χ1n) is 7.25. The Morgan fingerprint density at radius 2 is 1.73 bits per heavy atom. The number of carbonyl (C=O) groups excluding carboxylic acids is 2. The van der Waals surface area contributed by atoms with Gasteiger partial charge in [0.05, 0.1) is 13.2 Å². The Hall–Kier alpha value is -1.35. The van der Waals surface area contributed by atoms with Gasteiger partial charge in [-0.25, -0.2) is 0 Å². The highest BCUT2D eigenvalue weighted by atomic mass is 19.4. The maximum Gasteiger partial charge on any atom is 0.471 e. The van der Waals surface area contributed by atoms with Crippen LogP contribution in [0.2, 0.25) is 0 Å². The Morgan fingerprint density at radius 3 is 2.27 bits per heavy atom. The Morgan fingerprint density at radius 1 is 1.14 bits per heavy atom. The van der Waals surface area contributed by atoms with E-state index in [1.54, 1.807) is 0 Å². The lowest BCUT2D eigenvalue weighted by molar-refractivity contribution is -0.186. The fourth-order valence-electron chi connectivity index (χ4n) is 2.56. The molecule has 2 aliphatic heterocycles. The highest BCUT2D eigenvalue weighted by Gasteiger charge is 2.43. The lowest BCUT2D eigenvalue weighted by Crippen LogP contribution is -2.47. The van der Waals surface area contributed by atoms with Gasteiger partial charge in [-0.15, -0.1) is 0 Å². The maximum absolute atomic E-state index is 12.3. The standard InChI is InChI=1S/C13H19F3N2O4/c14-13(15,16)12(20)18-5-2-9(3-6-18)11(19)17-4-1-10-21-7-8-22-10/h9-10H,1-8H2,(H,17,19). The van der Waals surface area contributed by atoms with E-state index in [0.29, 0.717) is 26.2 Å². The Balaban J connectivity index is 1.67. The van der Waals surface area contributed by atoms with E-state index in [1.807, 2.05) is 0 Å². The topological polar surface area (TPSA) is 67.9 Å². The summed E-state index contributed by atoms with van der Waals surface area (Å²) < 4.78 is 47.4. The molecule has 2 saturated heterocycles. The van der Waals surface area contributed by atoms with Crippen LogP contribution in [0.3, 0.4) is 0 Å². The minimum absolute atomic E-state index is 0.0503. The first kappa shape index (κ1) is 17.0. The highest BCUT2D eigenvalue weighted by molar-refractivity contribution is 5.83. The van der Waals surface area contributed by atoms with Crippen molar-refractivity contribution in [3.8, 4) is 0 Å². The van der Waals surface area contributed by atoms with Crippen LogP contribution in [-0.4, -0.2) is 62.0 Å². The third kappa shape index (κ3) is 4.57. The van der Waals surface area contributed by atoms with Crippen LogP contribution in [-0.2, 0) is 19.1 Å². The first-order valence-corrected chi connectivity index (χ1v) is 7.25. The number of halogens is 3. The Kier molecular flexibility index (Phi) is 5.63. The number of amides is 2. The van der Waals surface area contributed by atoms with Gasteiger partial charge >= 0.3 is 12.1 Å². The molecule has 2 fully saturated rings. The van der Waals surface area contributed by atoms with E-state index in [0.717, 1.165) is 4.90 Å². The predicted octanol–water partition coefficient (Wildman–Crippen LogP) is 0.666. The molecule has 6 nitrogen and oxygen atoms in total. The number of alkyl halides is 3. The van der Waals surface area contributed by atoms with E-state index in [2.05, 4.69) is 5.32 Å². The number of ether oxygens (including phenoxy) is 2. The molecule has 2 aliphatic rings. The lowest BCUT2D eigenvalue weighted by atomic mass is 9.96. The smallest absolute Gasteiger partial charge is 0.356 e. The van der Waals surface area contributed by atoms with Crippen LogP contribution >= 0.6 is 0 Å². The number of hydrogen-bond donors (Lipinski definition) is 1. The van der Waals surface area contributed by atoms with Crippen LogP contribution in [0.4, 0.5) is 13.2 Å². The van der Waals surface area contributed by atoms with Crippen molar-refractivity contribution in [1.82, 2.24) is 10.2 Å². The van der Waals surface area contributed by atoms with Gasteiger partial charge in [0.2, 0.25) is 5.91 Å². The summed E-state index contributed by atoms with van der Waals surface area (Å²) in [7, 11) is 0. The number of rotatable bonds is 4. The molecule has 0 radical (unpaired) electrons. The SMILES string of the molecule is O=C(NCCC1OCCO1)C1CCN(C(=O)C(F)(F)F)CC1. The summed E-state index contributed by atoms with van der Waals surface area (Å²) in [5, 5.41) is 2.73. The zero-order valence-corrected chi connectivity index (χ0v) is 12.0. The average molecular weight is 324 g/mol. The molecular weight excluding hydrogens is 305 g/mol. The largest absolute Gasteiger partial charge is 0.471 e. The number of likely N-dealkylation sites (tertiary alicyclic amines) is 1. The van der Waals surface area contributed by atoms with Crippen LogP contribution < -0.4 is 5.32 Å². The van der Waals surface area contributed by atoms with Gasteiger partial charge < -0.3 is 19.7 Å². The zero-order valence-electron chi connectivity index (χ0n) is 12.0. The van der Waals surface area contributed by atoms with Crippen molar-refractivity contribution < 1.29 is 32.2 Å². The van der Waals surface area contributed by atoms with Gasteiger partial charge in [0.15, 0.2) is 6.29 Å². The molecule has 0 saturated carbocycles. The van der Waals surface area contributed by atoms with Crippen LogP contribution in [0.5, 0.6) is 0 Å². The van der Waals surface area contributed by atoms with Gasteiger partial charge in [0, 0.05) is 32.0 Å². The van der Waals surface area contributed by atoms with Crippen LogP contribution in [0.25, 0.3) is 0 Å². The Labute approximate surface area is 125 Å². The quantitative estimate of drug-likeness (QED) is 0.825. The van der Waals surface area contributed by atoms with E-state index < -0.39 is 12.1 Å². The number of piperidine rings is 1. The van der Waals surface area contributed by atoms with Gasteiger partial charge in [-0.1, -0.05) is 0 Å². The predicted molar refractivity (Wildman–Crippen MR) is 68.7 cm³/mol. The summed E-state index contributed by atoms with van der Waals surface area (Å²) >= 11 is 0. The number of hydrogen-bond acceptors (Lipinski definition) is 4. The van der Waals surface area contributed by atoms with Crippen molar-refractivity contribution in [3.63, 3.8) is 0 Å². The lowest BCUT2D eigenvalue weighted by Gasteiger charge is -2.31. The number of nitrogens with one attached hydrogen (secondary N) is 1. The maximum atomic E-state index is 12.3. The van der Waals surface area contributed by atoms with Crippen molar-refractivity contribution >= 4 is 11.8 Å². The van der Waals surface area contributed by atoms with Crippen molar-refractivity contribution in [2.24, 2.45) is 5.92 Å². The third-order valence-electron chi connectivity index (χ3n) is 3.77. The molecule has 2 rings (SSSR count). The van der Waals surface area contributed by atoms with Gasteiger partial charge in [-0.2, -0.15) is 13.2 Å². The number of nitrogens with zero attached hydrogens (tertiary/aromatic N) is 1. The summed E-state index contributed by atoms with van der Waals surface area (Å²) in [5.41, 5.74) is 0. The number of carbonyl (C=O) groups is 2. The van der Waals surface area contributed by atoms with E-state index in [4.69, 9.17) is 9.47 Å². The molecule has 2 heterocycles. The summed E-state index contributed by atoms with van der Waals surface area (Å²) in [6.07, 6.45) is -4.13. The van der Waals surface area contributed by atoms with Crippen molar-refractivity contribution in [3.05, 3.63) is 0 Å². The van der Waals surface area contributed by atoms with Gasteiger partial charge in [-0.05, 0) is 12.8 Å². The van der Waals surface area contributed by atoms with E-state index in [9.17, 15) is 22.8 Å². The van der Waals surface area contributed by atoms with E-state index in [-0.39, 0.29) is 44.0 Å². The van der Waals surface area contributed by atoms with Gasteiger partial charge in [0.25, 0.3) is 0 Å². The molecule has 0 unspecified atom stereocenters. The summed E-state index contributed by atoms with van der Waals surface area (Å²) in [4.78, 5) is 23.8. The molecule has 0 spiro atoms. The molecule has 9 heteroatoms. The molecule has 2 amide bonds. The summed E-state index contributed by atoms with van der Waals surface area (Å²) in [6, 6.07) is 0.